The Morgan fingerprint density at radius 3 is 2.47 bits per heavy atom. The lowest BCUT2D eigenvalue weighted by molar-refractivity contribution is 0.0348. The number of ether oxygens (including phenoxy) is 2. The number of aromatic nitrogens is 3. The van der Waals surface area contributed by atoms with E-state index in [2.05, 4.69) is 15.4 Å². The van der Waals surface area contributed by atoms with E-state index in [4.69, 9.17) is 32.7 Å². The van der Waals surface area contributed by atoms with Gasteiger partial charge in [-0.25, -0.2) is 4.68 Å². The number of hydrogen-bond donors (Lipinski definition) is 2. The standard InChI is InChI=1S/C25H24Cl2N4O3/c1-33-25-29-24(18-7-12-22(26)23(27)13-18)31(30-25)20-10-8-19(9-11-20)28-14-21(32)16-34-15-17-5-3-2-4-6-17/h2-13,21,28,32H,14-16H2,1H3/t21-/m1/s1. The Hall–Kier alpha value is -3.10. The number of nitrogens with zero attached hydrogens (tertiary/aromatic N) is 3. The first-order valence-corrected chi connectivity index (χ1v) is 11.4. The number of halogens is 2. The van der Waals surface area contributed by atoms with Gasteiger partial charge in [0.2, 0.25) is 0 Å². The molecule has 0 radical (unpaired) electrons. The highest BCUT2D eigenvalue weighted by Crippen LogP contribution is 2.30. The molecule has 3 aromatic carbocycles. The van der Waals surface area contributed by atoms with Gasteiger partial charge >= 0.3 is 6.01 Å². The van der Waals surface area contributed by atoms with E-state index in [-0.39, 0.29) is 12.6 Å². The van der Waals surface area contributed by atoms with E-state index in [1.54, 1.807) is 16.8 Å². The number of aliphatic hydroxyl groups excluding tert-OH is 1. The van der Waals surface area contributed by atoms with Gasteiger partial charge in [0.15, 0.2) is 5.82 Å². The predicted octanol–water partition coefficient (Wildman–Crippen LogP) is 5.24. The Kier molecular flexibility index (Phi) is 8.03. The van der Waals surface area contributed by atoms with Crippen LogP contribution < -0.4 is 10.1 Å². The number of methoxy groups -OCH3 is 1. The summed E-state index contributed by atoms with van der Waals surface area (Å²) in [6.45, 7) is 1.07. The molecule has 0 saturated carbocycles. The van der Waals surface area contributed by atoms with E-state index in [1.165, 1.54) is 7.11 Å². The average Bonchev–Trinajstić information content (AvgIpc) is 3.30. The van der Waals surface area contributed by atoms with Gasteiger partial charge in [-0.2, -0.15) is 4.98 Å². The third kappa shape index (κ3) is 6.07. The highest BCUT2D eigenvalue weighted by atomic mass is 35.5. The van der Waals surface area contributed by atoms with Crippen molar-refractivity contribution in [2.75, 3.05) is 25.6 Å². The highest BCUT2D eigenvalue weighted by molar-refractivity contribution is 6.42. The van der Waals surface area contributed by atoms with E-state index >= 15 is 0 Å². The van der Waals surface area contributed by atoms with Crippen molar-refractivity contribution in [3.8, 4) is 23.1 Å². The third-order valence-corrected chi connectivity index (χ3v) is 5.76. The van der Waals surface area contributed by atoms with Crippen LogP contribution in [-0.2, 0) is 11.3 Å². The van der Waals surface area contributed by atoms with Gasteiger partial charge in [-0.15, -0.1) is 5.10 Å². The van der Waals surface area contributed by atoms with Gasteiger partial charge in [0.1, 0.15) is 0 Å². The fourth-order valence-electron chi connectivity index (χ4n) is 3.28. The molecule has 176 valence electrons. The summed E-state index contributed by atoms with van der Waals surface area (Å²) in [4.78, 5) is 4.44. The smallest absolute Gasteiger partial charge is 0.336 e. The molecule has 1 aromatic heterocycles. The van der Waals surface area contributed by atoms with Crippen molar-refractivity contribution in [2.24, 2.45) is 0 Å². The Balaban J connectivity index is 1.38. The molecular weight excluding hydrogens is 475 g/mol. The fourth-order valence-corrected chi connectivity index (χ4v) is 3.58. The van der Waals surface area contributed by atoms with E-state index in [1.807, 2.05) is 60.7 Å². The molecule has 7 nitrogen and oxygen atoms in total. The molecule has 34 heavy (non-hydrogen) atoms. The maximum Gasteiger partial charge on any atom is 0.336 e. The van der Waals surface area contributed by atoms with Gasteiger partial charge in [0, 0.05) is 17.8 Å². The number of nitrogens with one attached hydrogen (secondary N) is 1. The summed E-state index contributed by atoms with van der Waals surface area (Å²) in [6, 6.07) is 23.0. The van der Waals surface area contributed by atoms with Crippen LogP contribution in [0.3, 0.4) is 0 Å². The second kappa shape index (κ2) is 11.4. The van der Waals surface area contributed by atoms with Gasteiger partial charge in [0.25, 0.3) is 0 Å². The van der Waals surface area contributed by atoms with Crippen molar-refractivity contribution >= 4 is 28.9 Å². The number of anilines is 1. The molecule has 0 aliphatic carbocycles. The fraction of sp³-hybridized carbons (Fsp3) is 0.200. The highest BCUT2D eigenvalue weighted by Gasteiger charge is 2.15. The molecule has 0 unspecified atom stereocenters. The molecule has 0 aliphatic rings. The molecule has 4 aromatic rings. The zero-order valence-electron chi connectivity index (χ0n) is 18.5. The molecule has 9 heteroatoms. The average molecular weight is 499 g/mol. The largest absolute Gasteiger partial charge is 0.466 e. The van der Waals surface area contributed by atoms with E-state index in [0.717, 1.165) is 22.5 Å². The maximum absolute atomic E-state index is 10.2. The SMILES string of the molecule is COc1nc(-c2ccc(Cl)c(Cl)c2)n(-c2ccc(NC[C@@H](O)COCc3ccccc3)cc2)n1. The van der Waals surface area contributed by atoms with Crippen LogP contribution in [-0.4, -0.2) is 46.2 Å². The lowest BCUT2D eigenvalue weighted by atomic mass is 10.2. The normalized spacial score (nSPS) is 11.9. The molecular formula is C25H24Cl2N4O3. The van der Waals surface area contributed by atoms with Crippen LogP contribution in [0.15, 0.2) is 72.8 Å². The minimum atomic E-state index is -0.635. The van der Waals surface area contributed by atoms with Crippen molar-refractivity contribution in [3.05, 3.63) is 88.4 Å². The Morgan fingerprint density at radius 2 is 1.76 bits per heavy atom. The molecule has 0 saturated heterocycles. The molecule has 1 heterocycles. The number of benzene rings is 3. The molecule has 4 rings (SSSR count). The Labute approximate surface area is 207 Å². The van der Waals surface area contributed by atoms with Crippen molar-refractivity contribution in [3.63, 3.8) is 0 Å². The first-order chi connectivity index (χ1) is 16.5. The summed E-state index contributed by atoms with van der Waals surface area (Å²) < 4.78 is 12.5. The topological polar surface area (TPSA) is 81.4 Å². The molecule has 0 amide bonds. The minimum absolute atomic E-state index is 0.238. The van der Waals surface area contributed by atoms with Gasteiger partial charge < -0.3 is 19.9 Å². The van der Waals surface area contributed by atoms with Gasteiger partial charge in [-0.1, -0.05) is 53.5 Å². The summed E-state index contributed by atoms with van der Waals surface area (Å²) in [5.41, 5.74) is 3.47. The molecule has 2 N–H and O–H groups in total. The Morgan fingerprint density at radius 1 is 1.00 bits per heavy atom. The van der Waals surface area contributed by atoms with E-state index in [0.29, 0.717) is 29.0 Å². The van der Waals surface area contributed by atoms with Crippen molar-refractivity contribution in [2.45, 2.75) is 12.7 Å². The molecule has 0 aliphatic heterocycles. The van der Waals surface area contributed by atoms with Gasteiger partial charge in [-0.3, -0.25) is 0 Å². The number of aliphatic hydroxyl groups is 1. The molecule has 0 spiro atoms. The van der Waals surface area contributed by atoms with Gasteiger partial charge in [-0.05, 0) is 48.0 Å². The lowest BCUT2D eigenvalue weighted by Crippen LogP contribution is -2.24. The van der Waals surface area contributed by atoms with Crippen LogP contribution >= 0.6 is 23.2 Å². The zero-order valence-corrected chi connectivity index (χ0v) is 20.0. The van der Waals surface area contributed by atoms with E-state index in [9.17, 15) is 5.11 Å². The predicted molar refractivity (Wildman–Crippen MR) is 134 cm³/mol. The number of hydrogen-bond acceptors (Lipinski definition) is 6. The summed E-state index contributed by atoms with van der Waals surface area (Å²) in [5.74, 6) is 0.571. The van der Waals surface area contributed by atoms with Gasteiger partial charge in [0.05, 0.1) is 42.2 Å². The molecule has 0 fully saturated rings. The lowest BCUT2D eigenvalue weighted by Gasteiger charge is -2.14. The zero-order chi connectivity index (χ0) is 23.9. The first-order valence-electron chi connectivity index (χ1n) is 10.6. The minimum Gasteiger partial charge on any atom is -0.466 e. The van der Waals surface area contributed by atoms with Crippen LogP contribution in [0.2, 0.25) is 10.0 Å². The first kappa shape index (κ1) is 24.0. The van der Waals surface area contributed by atoms with Crippen LogP contribution in [0.4, 0.5) is 5.69 Å². The van der Waals surface area contributed by atoms with Crippen LogP contribution in [0.25, 0.3) is 17.1 Å². The second-order valence-electron chi connectivity index (χ2n) is 7.55. The summed E-state index contributed by atoms with van der Waals surface area (Å²) in [6.07, 6.45) is -0.635. The quantitative estimate of drug-likeness (QED) is 0.311. The van der Waals surface area contributed by atoms with Crippen molar-refractivity contribution < 1.29 is 14.6 Å². The van der Waals surface area contributed by atoms with Crippen molar-refractivity contribution in [1.29, 1.82) is 0 Å². The summed E-state index contributed by atoms with van der Waals surface area (Å²) in [5, 5.41) is 18.7. The van der Waals surface area contributed by atoms with Crippen LogP contribution in [0.1, 0.15) is 5.56 Å². The van der Waals surface area contributed by atoms with Crippen LogP contribution in [0.5, 0.6) is 6.01 Å². The second-order valence-corrected chi connectivity index (χ2v) is 8.36. The molecule has 0 bridgehead atoms. The summed E-state index contributed by atoms with van der Waals surface area (Å²) >= 11 is 12.2. The van der Waals surface area contributed by atoms with Crippen LogP contribution in [0, 0.1) is 0 Å². The third-order valence-electron chi connectivity index (χ3n) is 5.02. The summed E-state index contributed by atoms with van der Waals surface area (Å²) in [7, 11) is 1.51. The van der Waals surface area contributed by atoms with E-state index < -0.39 is 6.10 Å². The molecule has 1 atom stereocenters. The maximum atomic E-state index is 10.2. The monoisotopic (exact) mass is 498 g/mol. The Bertz CT molecular complexity index is 1220. The van der Waals surface area contributed by atoms with Crippen molar-refractivity contribution in [1.82, 2.24) is 14.8 Å². The number of rotatable bonds is 10.